The number of fused-ring (bicyclic) bond motifs is 10. The Hall–Kier alpha value is -6.25. The normalized spacial score (nSPS) is 11.8. The van der Waals surface area contributed by atoms with Crippen molar-refractivity contribution in [1.29, 1.82) is 0 Å². The average molecular weight is 598 g/mol. The second kappa shape index (κ2) is 10.1. The van der Waals surface area contributed by atoms with E-state index < -0.39 is 0 Å². The van der Waals surface area contributed by atoms with Gasteiger partial charge in [-0.2, -0.15) is 0 Å². The molecule has 10 rings (SSSR count). The number of pyridine rings is 1. The molecular weight excluding hydrogens is 571 g/mol. The van der Waals surface area contributed by atoms with Crippen molar-refractivity contribution < 1.29 is 4.42 Å². The third-order valence-corrected chi connectivity index (χ3v) is 9.62. The Balaban J connectivity index is 1.24. The summed E-state index contributed by atoms with van der Waals surface area (Å²) in [5, 5.41) is 10.7. The van der Waals surface area contributed by atoms with Gasteiger partial charge in [0, 0.05) is 32.5 Å². The minimum atomic E-state index is 0.890. The SMILES string of the molecule is c1ccc(-c2nc3ccc(-c4cccc(-c5cc6ccccc6c6ccccc56)c4)cc3c3c2ccc2oc4ccccc4c23)cc1. The van der Waals surface area contributed by atoms with Crippen LogP contribution in [0.4, 0.5) is 0 Å². The lowest BCUT2D eigenvalue weighted by molar-refractivity contribution is 0.669. The van der Waals surface area contributed by atoms with Crippen LogP contribution >= 0.6 is 0 Å². The molecule has 2 aromatic heterocycles. The fourth-order valence-electron chi connectivity index (χ4n) is 7.46. The number of para-hydroxylation sites is 1. The van der Waals surface area contributed by atoms with Gasteiger partial charge in [-0.05, 0) is 86.3 Å². The van der Waals surface area contributed by atoms with E-state index in [9.17, 15) is 0 Å². The first kappa shape index (κ1) is 26.0. The number of hydrogen-bond acceptors (Lipinski definition) is 2. The maximum Gasteiger partial charge on any atom is 0.136 e. The minimum absolute atomic E-state index is 0.890. The molecule has 0 atom stereocenters. The summed E-state index contributed by atoms with van der Waals surface area (Å²) in [5.41, 5.74) is 9.62. The molecule has 10 aromatic rings. The fraction of sp³-hybridized carbons (Fsp3) is 0. The molecule has 0 bridgehead atoms. The second-order valence-corrected chi connectivity index (χ2v) is 12.3. The Morgan fingerprint density at radius 1 is 0.362 bits per heavy atom. The molecule has 0 saturated heterocycles. The largest absolute Gasteiger partial charge is 0.456 e. The van der Waals surface area contributed by atoms with Crippen LogP contribution < -0.4 is 0 Å². The molecular formula is C45H27NO. The molecule has 0 saturated carbocycles. The first-order valence-electron chi connectivity index (χ1n) is 16.0. The zero-order valence-electron chi connectivity index (χ0n) is 25.4. The quantitative estimate of drug-likeness (QED) is 0.189. The van der Waals surface area contributed by atoms with Crippen molar-refractivity contribution >= 4 is 65.2 Å². The first-order chi connectivity index (χ1) is 23.3. The Kier molecular flexibility index (Phi) is 5.61. The highest BCUT2D eigenvalue weighted by molar-refractivity contribution is 6.28. The van der Waals surface area contributed by atoms with E-state index >= 15 is 0 Å². The summed E-state index contributed by atoms with van der Waals surface area (Å²) in [6.07, 6.45) is 0. The average Bonchev–Trinajstić information content (AvgIpc) is 3.53. The predicted molar refractivity (Wildman–Crippen MR) is 198 cm³/mol. The van der Waals surface area contributed by atoms with E-state index in [4.69, 9.17) is 9.40 Å². The third kappa shape index (κ3) is 4.02. The van der Waals surface area contributed by atoms with E-state index in [0.717, 1.165) is 55.0 Å². The van der Waals surface area contributed by atoms with Gasteiger partial charge in [-0.3, -0.25) is 0 Å². The molecule has 0 aliphatic rings. The van der Waals surface area contributed by atoms with Gasteiger partial charge in [0.1, 0.15) is 11.2 Å². The molecule has 2 heterocycles. The van der Waals surface area contributed by atoms with Crippen molar-refractivity contribution in [3.8, 4) is 33.5 Å². The molecule has 2 nitrogen and oxygen atoms in total. The van der Waals surface area contributed by atoms with Gasteiger partial charge in [0.2, 0.25) is 0 Å². The summed E-state index contributed by atoms with van der Waals surface area (Å²) < 4.78 is 6.38. The van der Waals surface area contributed by atoms with Gasteiger partial charge < -0.3 is 4.42 Å². The molecule has 0 aliphatic carbocycles. The van der Waals surface area contributed by atoms with Crippen LogP contribution in [0.15, 0.2) is 168 Å². The van der Waals surface area contributed by atoms with Crippen LogP contribution in [0.5, 0.6) is 0 Å². The van der Waals surface area contributed by atoms with Crippen molar-refractivity contribution in [3.63, 3.8) is 0 Å². The highest BCUT2D eigenvalue weighted by Gasteiger charge is 2.18. The number of hydrogen-bond donors (Lipinski definition) is 0. The summed E-state index contributed by atoms with van der Waals surface area (Å²) in [4.78, 5) is 5.28. The van der Waals surface area contributed by atoms with Gasteiger partial charge in [0.25, 0.3) is 0 Å². The molecule has 8 aromatic carbocycles. The highest BCUT2D eigenvalue weighted by atomic mass is 16.3. The van der Waals surface area contributed by atoms with E-state index in [1.807, 2.05) is 6.07 Å². The monoisotopic (exact) mass is 597 g/mol. The van der Waals surface area contributed by atoms with Crippen molar-refractivity contribution in [2.45, 2.75) is 0 Å². The summed E-state index contributed by atoms with van der Waals surface area (Å²) in [7, 11) is 0. The lowest BCUT2D eigenvalue weighted by atomic mass is 9.91. The lowest BCUT2D eigenvalue weighted by Gasteiger charge is -2.14. The van der Waals surface area contributed by atoms with Crippen molar-refractivity contribution in [2.24, 2.45) is 0 Å². The maximum atomic E-state index is 6.38. The molecule has 0 amide bonds. The summed E-state index contributed by atoms with van der Waals surface area (Å²) >= 11 is 0. The van der Waals surface area contributed by atoms with Crippen LogP contribution in [0, 0.1) is 0 Å². The molecule has 0 N–H and O–H groups in total. The van der Waals surface area contributed by atoms with Gasteiger partial charge in [0.15, 0.2) is 0 Å². The second-order valence-electron chi connectivity index (χ2n) is 12.3. The molecule has 0 aliphatic heterocycles. The summed E-state index contributed by atoms with van der Waals surface area (Å²) in [5.74, 6) is 0. The van der Waals surface area contributed by atoms with Gasteiger partial charge in [-0.15, -0.1) is 0 Å². The van der Waals surface area contributed by atoms with Gasteiger partial charge in [-0.25, -0.2) is 4.98 Å². The molecule has 47 heavy (non-hydrogen) atoms. The van der Waals surface area contributed by atoms with Crippen LogP contribution in [0.25, 0.3) is 98.7 Å². The smallest absolute Gasteiger partial charge is 0.136 e. The Labute approximate surface area is 271 Å². The van der Waals surface area contributed by atoms with E-state index in [1.165, 1.54) is 43.6 Å². The zero-order valence-corrected chi connectivity index (χ0v) is 25.4. The Morgan fingerprint density at radius 2 is 1.06 bits per heavy atom. The van der Waals surface area contributed by atoms with Gasteiger partial charge in [-0.1, -0.05) is 121 Å². The number of furan rings is 1. The standard InChI is InChI=1S/C45H27NO/c1-2-11-28(12-3-1)45-37-22-24-42-44(36-19-8-9-20-41(36)47-42)43(37)39-26-30(21-23-40(39)46-45)29-14-10-15-31(25-29)38-27-32-13-4-5-16-33(32)34-17-6-7-18-35(34)38/h1-27H. The highest BCUT2D eigenvalue weighted by Crippen LogP contribution is 2.43. The van der Waals surface area contributed by atoms with E-state index in [0.29, 0.717) is 0 Å². The van der Waals surface area contributed by atoms with E-state index in [-0.39, 0.29) is 0 Å². The van der Waals surface area contributed by atoms with Crippen LogP contribution in [0.3, 0.4) is 0 Å². The molecule has 0 spiro atoms. The number of rotatable bonds is 3. The fourth-order valence-corrected chi connectivity index (χ4v) is 7.46. The molecule has 0 unspecified atom stereocenters. The van der Waals surface area contributed by atoms with Crippen LogP contribution in [-0.2, 0) is 0 Å². The Bertz CT molecular complexity index is 2840. The van der Waals surface area contributed by atoms with Crippen molar-refractivity contribution in [2.75, 3.05) is 0 Å². The number of benzene rings is 8. The third-order valence-electron chi connectivity index (χ3n) is 9.62. The van der Waals surface area contributed by atoms with Crippen LogP contribution in [0.2, 0.25) is 0 Å². The first-order valence-corrected chi connectivity index (χ1v) is 16.0. The Morgan fingerprint density at radius 3 is 1.96 bits per heavy atom. The molecule has 218 valence electrons. The van der Waals surface area contributed by atoms with Crippen molar-refractivity contribution in [3.05, 3.63) is 164 Å². The van der Waals surface area contributed by atoms with E-state index in [1.54, 1.807) is 0 Å². The zero-order chi connectivity index (χ0) is 30.9. The van der Waals surface area contributed by atoms with Gasteiger partial charge in [0.05, 0.1) is 11.2 Å². The minimum Gasteiger partial charge on any atom is -0.456 e. The maximum absolute atomic E-state index is 6.38. The van der Waals surface area contributed by atoms with Gasteiger partial charge >= 0.3 is 0 Å². The summed E-state index contributed by atoms with van der Waals surface area (Å²) in [6.45, 7) is 0. The topological polar surface area (TPSA) is 26.0 Å². The number of aromatic nitrogens is 1. The van der Waals surface area contributed by atoms with E-state index in [2.05, 4.69) is 158 Å². The van der Waals surface area contributed by atoms with Crippen LogP contribution in [0.1, 0.15) is 0 Å². The number of nitrogens with zero attached hydrogens (tertiary/aromatic N) is 1. The van der Waals surface area contributed by atoms with Crippen molar-refractivity contribution in [1.82, 2.24) is 4.98 Å². The molecule has 0 fully saturated rings. The molecule has 0 radical (unpaired) electrons. The predicted octanol–water partition coefficient (Wildman–Crippen LogP) is 12.6. The lowest BCUT2D eigenvalue weighted by Crippen LogP contribution is -1.91. The van der Waals surface area contributed by atoms with Crippen LogP contribution in [-0.4, -0.2) is 4.98 Å². The summed E-state index contributed by atoms with van der Waals surface area (Å²) in [6, 6.07) is 58.5. The molecule has 2 heteroatoms.